The van der Waals surface area contributed by atoms with Crippen LogP contribution in [0.1, 0.15) is 18.4 Å². The molecule has 1 heterocycles. The maximum Gasteiger partial charge on any atom is 0.232 e. The first kappa shape index (κ1) is 22.2. The average Bonchev–Trinajstić information content (AvgIpc) is 3.16. The zero-order valence-corrected chi connectivity index (χ0v) is 18.9. The van der Waals surface area contributed by atoms with E-state index in [9.17, 15) is 13.2 Å². The largest absolute Gasteiger partial charge is 0.301 e. The molecule has 3 aromatic rings. The fraction of sp³-hybridized carbons (Fsp3) is 0.250. The molecule has 2 aromatic carbocycles. The summed E-state index contributed by atoms with van der Waals surface area (Å²) in [5.41, 5.74) is 2.12. The lowest BCUT2D eigenvalue weighted by Crippen LogP contribution is -2.32. The summed E-state index contributed by atoms with van der Waals surface area (Å²) < 4.78 is 25.8. The normalized spacial score (nSPS) is 11.3. The van der Waals surface area contributed by atoms with Crippen LogP contribution in [0.3, 0.4) is 0 Å². The van der Waals surface area contributed by atoms with Crippen LogP contribution in [0.2, 0.25) is 5.02 Å². The number of hydrogen-bond donors (Lipinski definition) is 1. The SMILES string of the molecule is Cc1c(Cl)cccc1N(CCCC(=O)Nc1nnc(-c2ccccc2)s1)S(C)(=O)=O. The Morgan fingerprint density at radius 2 is 1.87 bits per heavy atom. The van der Waals surface area contributed by atoms with E-state index in [-0.39, 0.29) is 18.9 Å². The van der Waals surface area contributed by atoms with Crippen LogP contribution in [0.25, 0.3) is 10.6 Å². The molecule has 158 valence electrons. The lowest BCUT2D eigenvalue weighted by atomic mass is 10.2. The molecule has 0 saturated carbocycles. The van der Waals surface area contributed by atoms with Gasteiger partial charge in [0.25, 0.3) is 0 Å². The standard InChI is InChI=1S/C20H21ClN4O3S2/c1-14-16(21)10-6-11-17(14)25(30(2,27)28)13-7-12-18(26)22-20-24-23-19(29-20)15-8-4-3-5-9-15/h3-6,8-11H,7,12-13H2,1-2H3,(H,22,24,26). The van der Waals surface area contributed by atoms with Crippen molar-refractivity contribution in [2.75, 3.05) is 22.4 Å². The van der Waals surface area contributed by atoms with Crippen molar-refractivity contribution in [2.24, 2.45) is 0 Å². The molecular formula is C20H21ClN4O3S2. The van der Waals surface area contributed by atoms with Crippen molar-refractivity contribution in [1.82, 2.24) is 10.2 Å². The van der Waals surface area contributed by atoms with Crippen molar-refractivity contribution >= 4 is 49.7 Å². The van der Waals surface area contributed by atoms with Crippen LogP contribution in [0.15, 0.2) is 48.5 Å². The average molecular weight is 465 g/mol. The van der Waals surface area contributed by atoms with Gasteiger partial charge in [0.15, 0.2) is 0 Å². The van der Waals surface area contributed by atoms with Gasteiger partial charge in [-0.25, -0.2) is 8.42 Å². The van der Waals surface area contributed by atoms with Gasteiger partial charge in [0.05, 0.1) is 11.9 Å². The molecule has 30 heavy (non-hydrogen) atoms. The van der Waals surface area contributed by atoms with Crippen LogP contribution in [-0.4, -0.2) is 37.3 Å². The van der Waals surface area contributed by atoms with E-state index < -0.39 is 10.0 Å². The van der Waals surface area contributed by atoms with Gasteiger partial charge in [-0.15, -0.1) is 10.2 Å². The number of sulfonamides is 1. The van der Waals surface area contributed by atoms with E-state index in [1.807, 2.05) is 30.3 Å². The highest BCUT2D eigenvalue weighted by Crippen LogP contribution is 2.29. The van der Waals surface area contributed by atoms with E-state index >= 15 is 0 Å². The van der Waals surface area contributed by atoms with Gasteiger partial charge in [-0.2, -0.15) is 0 Å². The maximum absolute atomic E-state index is 12.3. The molecule has 0 radical (unpaired) electrons. The lowest BCUT2D eigenvalue weighted by Gasteiger charge is -2.24. The third kappa shape index (κ3) is 5.56. The number of hydrogen-bond acceptors (Lipinski definition) is 6. The Morgan fingerprint density at radius 3 is 2.57 bits per heavy atom. The highest BCUT2D eigenvalue weighted by atomic mass is 35.5. The smallest absolute Gasteiger partial charge is 0.232 e. The minimum Gasteiger partial charge on any atom is -0.301 e. The van der Waals surface area contributed by atoms with Gasteiger partial charge in [0, 0.05) is 23.6 Å². The molecule has 0 saturated heterocycles. The minimum atomic E-state index is -3.52. The molecule has 1 N–H and O–H groups in total. The van der Waals surface area contributed by atoms with Crippen LogP contribution in [-0.2, 0) is 14.8 Å². The molecule has 0 aliphatic heterocycles. The number of anilines is 2. The Labute approximate surface area is 184 Å². The summed E-state index contributed by atoms with van der Waals surface area (Å²) in [6.45, 7) is 1.93. The molecule has 0 aliphatic rings. The molecule has 1 aromatic heterocycles. The van der Waals surface area contributed by atoms with Crippen molar-refractivity contribution in [1.29, 1.82) is 0 Å². The molecule has 3 rings (SSSR count). The Bertz CT molecular complexity index is 1130. The Hall–Kier alpha value is -2.49. The number of benzene rings is 2. The van der Waals surface area contributed by atoms with Crippen LogP contribution in [0.4, 0.5) is 10.8 Å². The Kier molecular flexibility index (Phi) is 7.06. The zero-order valence-electron chi connectivity index (χ0n) is 16.5. The topological polar surface area (TPSA) is 92.3 Å². The summed E-state index contributed by atoms with van der Waals surface area (Å²) in [7, 11) is -3.52. The second-order valence-electron chi connectivity index (χ2n) is 6.65. The van der Waals surface area contributed by atoms with Gasteiger partial charge in [-0.1, -0.05) is 59.3 Å². The van der Waals surface area contributed by atoms with E-state index in [1.165, 1.54) is 15.6 Å². The summed E-state index contributed by atoms with van der Waals surface area (Å²) in [5, 5.41) is 12.4. The summed E-state index contributed by atoms with van der Waals surface area (Å²) in [6, 6.07) is 14.7. The van der Waals surface area contributed by atoms with Crippen molar-refractivity contribution in [3.8, 4) is 10.6 Å². The van der Waals surface area contributed by atoms with E-state index in [0.717, 1.165) is 11.8 Å². The van der Waals surface area contributed by atoms with Gasteiger partial charge in [-0.3, -0.25) is 9.10 Å². The highest BCUT2D eigenvalue weighted by Gasteiger charge is 2.20. The molecule has 7 nitrogen and oxygen atoms in total. The van der Waals surface area contributed by atoms with Gasteiger partial charge in [0.1, 0.15) is 5.01 Å². The van der Waals surface area contributed by atoms with Crippen LogP contribution in [0.5, 0.6) is 0 Å². The first-order chi connectivity index (χ1) is 14.3. The van der Waals surface area contributed by atoms with Gasteiger partial charge < -0.3 is 5.32 Å². The number of aromatic nitrogens is 2. The van der Waals surface area contributed by atoms with Crippen molar-refractivity contribution in [3.05, 3.63) is 59.1 Å². The Morgan fingerprint density at radius 1 is 1.13 bits per heavy atom. The quantitative estimate of drug-likeness (QED) is 0.535. The molecule has 0 atom stereocenters. The molecule has 0 unspecified atom stereocenters. The number of carbonyl (C=O) groups is 1. The number of halogens is 1. The maximum atomic E-state index is 12.3. The second kappa shape index (κ2) is 9.55. The number of rotatable bonds is 8. The zero-order chi connectivity index (χ0) is 21.7. The number of carbonyl (C=O) groups excluding carboxylic acids is 1. The fourth-order valence-corrected chi connectivity index (χ4v) is 4.82. The summed E-state index contributed by atoms with van der Waals surface area (Å²) in [5.74, 6) is -0.248. The van der Waals surface area contributed by atoms with Gasteiger partial charge >= 0.3 is 0 Å². The molecule has 0 bridgehead atoms. The predicted octanol–water partition coefficient (Wildman–Crippen LogP) is 4.35. The van der Waals surface area contributed by atoms with Crippen molar-refractivity contribution in [3.63, 3.8) is 0 Å². The number of amides is 1. The molecule has 1 amide bonds. The fourth-order valence-electron chi connectivity index (χ4n) is 2.87. The van der Waals surface area contributed by atoms with Gasteiger partial charge in [0.2, 0.25) is 21.1 Å². The number of nitrogens with zero attached hydrogens (tertiary/aromatic N) is 3. The van der Waals surface area contributed by atoms with E-state index in [2.05, 4.69) is 15.5 Å². The predicted molar refractivity (Wildman–Crippen MR) is 122 cm³/mol. The van der Waals surface area contributed by atoms with Crippen LogP contribution < -0.4 is 9.62 Å². The molecule has 0 fully saturated rings. The molecular weight excluding hydrogens is 444 g/mol. The number of nitrogens with one attached hydrogen (secondary N) is 1. The van der Waals surface area contributed by atoms with Crippen LogP contribution in [0, 0.1) is 6.92 Å². The molecule has 10 heteroatoms. The summed E-state index contributed by atoms with van der Waals surface area (Å²) >= 11 is 7.42. The molecule has 0 spiro atoms. The monoisotopic (exact) mass is 464 g/mol. The Balaban J connectivity index is 1.60. The van der Waals surface area contributed by atoms with E-state index in [1.54, 1.807) is 25.1 Å². The highest BCUT2D eigenvalue weighted by molar-refractivity contribution is 7.92. The molecule has 0 aliphatic carbocycles. The van der Waals surface area contributed by atoms with Gasteiger partial charge in [-0.05, 0) is 31.0 Å². The lowest BCUT2D eigenvalue weighted by molar-refractivity contribution is -0.116. The van der Waals surface area contributed by atoms with E-state index in [4.69, 9.17) is 11.6 Å². The summed E-state index contributed by atoms with van der Waals surface area (Å²) in [6.07, 6.45) is 1.63. The third-order valence-electron chi connectivity index (χ3n) is 4.37. The van der Waals surface area contributed by atoms with Crippen molar-refractivity contribution < 1.29 is 13.2 Å². The summed E-state index contributed by atoms with van der Waals surface area (Å²) in [4.78, 5) is 12.3. The van der Waals surface area contributed by atoms with E-state index in [0.29, 0.717) is 32.8 Å². The third-order valence-corrected chi connectivity index (χ3v) is 6.84. The van der Waals surface area contributed by atoms with Crippen molar-refractivity contribution in [2.45, 2.75) is 19.8 Å². The first-order valence-corrected chi connectivity index (χ1v) is 12.2. The minimum absolute atomic E-state index is 0.145. The van der Waals surface area contributed by atoms with Crippen LogP contribution >= 0.6 is 22.9 Å². The second-order valence-corrected chi connectivity index (χ2v) is 9.94. The first-order valence-electron chi connectivity index (χ1n) is 9.17.